The zero-order valence-electron chi connectivity index (χ0n) is 9.59. The molecular weight excluding hydrogens is 299 g/mol. The number of halogens is 1. The fourth-order valence-corrected chi connectivity index (χ4v) is 2.86. The second-order valence-electron chi connectivity index (χ2n) is 4.57. The van der Waals surface area contributed by atoms with E-state index >= 15 is 0 Å². The maximum Gasteiger partial charge on any atom is 0.0730 e. The number of aromatic nitrogens is 2. The molecular formula is C12H19IN2. The molecule has 3 heteroatoms. The van der Waals surface area contributed by atoms with Gasteiger partial charge in [0.05, 0.1) is 15.3 Å². The Morgan fingerprint density at radius 2 is 1.73 bits per heavy atom. The maximum absolute atomic E-state index is 4.68. The van der Waals surface area contributed by atoms with Gasteiger partial charge in [0.1, 0.15) is 0 Å². The van der Waals surface area contributed by atoms with Crippen molar-refractivity contribution < 1.29 is 0 Å². The van der Waals surface area contributed by atoms with E-state index in [1.807, 2.05) is 0 Å². The Bertz CT molecular complexity index is 336. The Kier molecular flexibility index (Phi) is 3.69. The highest BCUT2D eigenvalue weighted by Crippen LogP contribution is 2.29. The summed E-state index contributed by atoms with van der Waals surface area (Å²) in [5, 5.41) is 4.68. The van der Waals surface area contributed by atoms with Crippen molar-refractivity contribution in [1.29, 1.82) is 0 Å². The second kappa shape index (κ2) is 4.85. The summed E-state index contributed by atoms with van der Waals surface area (Å²) < 4.78 is 3.62. The van der Waals surface area contributed by atoms with E-state index in [2.05, 4.69) is 46.2 Å². The molecule has 1 saturated carbocycles. The molecule has 0 amide bonds. The van der Waals surface area contributed by atoms with Crippen molar-refractivity contribution in [2.45, 2.75) is 58.4 Å². The van der Waals surface area contributed by atoms with Crippen LogP contribution in [0.2, 0.25) is 0 Å². The van der Waals surface area contributed by atoms with Crippen LogP contribution in [-0.4, -0.2) is 9.78 Å². The minimum Gasteiger partial charge on any atom is -0.265 e. The molecule has 2 nitrogen and oxygen atoms in total. The average Bonchev–Trinajstić information content (AvgIpc) is 2.51. The molecule has 0 radical (unpaired) electrons. The van der Waals surface area contributed by atoms with Crippen molar-refractivity contribution in [3.8, 4) is 0 Å². The quantitative estimate of drug-likeness (QED) is 0.565. The average molecular weight is 318 g/mol. The third-order valence-corrected chi connectivity index (χ3v) is 4.97. The third-order valence-electron chi connectivity index (χ3n) is 3.41. The van der Waals surface area contributed by atoms with Crippen molar-refractivity contribution in [1.82, 2.24) is 9.78 Å². The summed E-state index contributed by atoms with van der Waals surface area (Å²) in [6, 6.07) is 0.662. The van der Waals surface area contributed by atoms with Crippen LogP contribution in [0, 0.1) is 17.4 Å². The Hall–Kier alpha value is -0.0600. The molecule has 0 bridgehead atoms. The minimum atomic E-state index is 0.662. The molecule has 0 aliphatic heterocycles. The van der Waals surface area contributed by atoms with Crippen molar-refractivity contribution in [2.24, 2.45) is 0 Å². The van der Waals surface area contributed by atoms with Crippen LogP contribution in [0.15, 0.2) is 0 Å². The van der Waals surface area contributed by atoms with E-state index in [0.29, 0.717) is 6.04 Å². The van der Waals surface area contributed by atoms with Gasteiger partial charge in [-0.25, -0.2) is 0 Å². The maximum atomic E-state index is 4.68. The molecule has 0 N–H and O–H groups in total. The summed E-state index contributed by atoms with van der Waals surface area (Å²) in [5.41, 5.74) is 2.55. The number of hydrogen-bond donors (Lipinski definition) is 0. The molecule has 1 heterocycles. The van der Waals surface area contributed by atoms with Crippen LogP contribution in [0.1, 0.15) is 56.0 Å². The molecule has 15 heavy (non-hydrogen) atoms. The monoisotopic (exact) mass is 318 g/mol. The summed E-state index contributed by atoms with van der Waals surface area (Å²) >= 11 is 2.41. The summed E-state index contributed by atoms with van der Waals surface area (Å²) in [5.74, 6) is 0. The van der Waals surface area contributed by atoms with Crippen molar-refractivity contribution in [3.05, 3.63) is 15.0 Å². The zero-order chi connectivity index (χ0) is 10.8. The number of aryl methyl sites for hydroxylation is 1. The molecule has 1 fully saturated rings. The van der Waals surface area contributed by atoms with Crippen molar-refractivity contribution in [2.75, 3.05) is 0 Å². The predicted molar refractivity (Wildman–Crippen MR) is 71.2 cm³/mol. The van der Waals surface area contributed by atoms with Crippen LogP contribution in [0.5, 0.6) is 0 Å². The van der Waals surface area contributed by atoms with Gasteiger partial charge in [-0.15, -0.1) is 0 Å². The van der Waals surface area contributed by atoms with Gasteiger partial charge in [0.25, 0.3) is 0 Å². The first-order valence-electron chi connectivity index (χ1n) is 5.91. The molecule has 1 aromatic rings. The minimum absolute atomic E-state index is 0.662. The van der Waals surface area contributed by atoms with E-state index in [1.54, 1.807) is 0 Å². The lowest BCUT2D eigenvalue weighted by Crippen LogP contribution is -2.11. The van der Waals surface area contributed by atoms with E-state index in [1.165, 1.54) is 53.5 Å². The number of nitrogens with zero attached hydrogens (tertiary/aromatic N) is 2. The third kappa shape index (κ3) is 2.37. The molecule has 0 saturated heterocycles. The lowest BCUT2D eigenvalue weighted by molar-refractivity contribution is 0.396. The molecule has 0 atom stereocenters. The number of hydrogen-bond acceptors (Lipinski definition) is 1. The number of rotatable bonds is 1. The lowest BCUT2D eigenvalue weighted by atomic mass is 10.1. The normalized spacial score (nSPS) is 19.1. The first-order valence-corrected chi connectivity index (χ1v) is 6.99. The van der Waals surface area contributed by atoms with Crippen LogP contribution in [-0.2, 0) is 0 Å². The Labute approximate surface area is 106 Å². The van der Waals surface area contributed by atoms with Crippen LogP contribution in [0.25, 0.3) is 0 Å². The highest BCUT2D eigenvalue weighted by Gasteiger charge is 2.18. The summed E-state index contributed by atoms with van der Waals surface area (Å²) in [6.07, 6.45) is 8.20. The fourth-order valence-electron chi connectivity index (χ4n) is 2.50. The molecule has 2 rings (SSSR count). The largest absolute Gasteiger partial charge is 0.265 e. The van der Waals surface area contributed by atoms with E-state index < -0.39 is 0 Å². The highest BCUT2D eigenvalue weighted by atomic mass is 127. The van der Waals surface area contributed by atoms with Gasteiger partial charge in [0, 0.05) is 5.69 Å². The van der Waals surface area contributed by atoms with E-state index in [9.17, 15) is 0 Å². The molecule has 84 valence electrons. The van der Waals surface area contributed by atoms with Gasteiger partial charge in [-0.05, 0) is 49.3 Å². The SMILES string of the molecule is Cc1nn(C2CCCCCC2)c(C)c1I. The molecule has 0 spiro atoms. The summed E-state index contributed by atoms with van der Waals surface area (Å²) in [7, 11) is 0. The second-order valence-corrected chi connectivity index (χ2v) is 5.65. The standard InChI is InChI=1S/C12H19IN2/c1-9-12(13)10(2)15(14-9)11-7-5-3-4-6-8-11/h11H,3-8H2,1-2H3. The van der Waals surface area contributed by atoms with Gasteiger partial charge in [-0.3, -0.25) is 4.68 Å². The van der Waals surface area contributed by atoms with E-state index in [0.717, 1.165) is 0 Å². The Morgan fingerprint density at radius 1 is 1.13 bits per heavy atom. The van der Waals surface area contributed by atoms with E-state index in [-0.39, 0.29) is 0 Å². The highest BCUT2D eigenvalue weighted by molar-refractivity contribution is 14.1. The van der Waals surface area contributed by atoms with Gasteiger partial charge < -0.3 is 0 Å². The van der Waals surface area contributed by atoms with E-state index in [4.69, 9.17) is 0 Å². The van der Waals surface area contributed by atoms with Gasteiger partial charge in [-0.2, -0.15) is 5.10 Å². The van der Waals surface area contributed by atoms with Crippen LogP contribution < -0.4 is 0 Å². The first-order chi connectivity index (χ1) is 7.20. The Balaban J connectivity index is 2.23. The van der Waals surface area contributed by atoms with Gasteiger partial charge in [0.2, 0.25) is 0 Å². The molecule has 0 aromatic carbocycles. The van der Waals surface area contributed by atoms with Crippen LogP contribution in [0.3, 0.4) is 0 Å². The lowest BCUT2D eigenvalue weighted by Gasteiger charge is -2.16. The predicted octanol–water partition coefficient (Wildman–Crippen LogP) is 4.00. The Morgan fingerprint density at radius 3 is 2.20 bits per heavy atom. The van der Waals surface area contributed by atoms with Crippen molar-refractivity contribution in [3.63, 3.8) is 0 Å². The van der Waals surface area contributed by atoms with Crippen LogP contribution >= 0.6 is 22.6 Å². The topological polar surface area (TPSA) is 17.8 Å². The fraction of sp³-hybridized carbons (Fsp3) is 0.750. The molecule has 1 aromatic heterocycles. The summed E-state index contributed by atoms with van der Waals surface area (Å²) in [4.78, 5) is 0. The van der Waals surface area contributed by atoms with Gasteiger partial charge >= 0.3 is 0 Å². The smallest absolute Gasteiger partial charge is 0.0730 e. The molecule has 1 aliphatic carbocycles. The molecule has 0 unspecified atom stereocenters. The first kappa shape index (κ1) is 11.4. The van der Waals surface area contributed by atoms with Gasteiger partial charge in [0.15, 0.2) is 0 Å². The van der Waals surface area contributed by atoms with Gasteiger partial charge in [-0.1, -0.05) is 25.7 Å². The zero-order valence-corrected chi connectivity index (χ0v) is 11.7. The molecule has 1 aliphatic rings. The summed E-state index contributed by atoms with van der Waals surface area (Å²) in [6.45, 7) is 4.31. The van der Waals surface area contributed by atoms with Crippen molar-refractivity contribution >= 4 is 22.6 Å². The van der Waals surface area contributed by atoms with Crippen LogP contribution in [0.4, 0.5) is 0 Å².